The zero-order chi connectivity index (χ0) is 25.7. The van der Waals surface area contributed by atoms with E-state index in [9.17, 15) is 9.18 Å². The van der Waals surface area contributed by atoms with Gasteiger partial charge < -0.3 is 19.4 Å². The molecule has 1 aromatic heterocycles. The molecule has 0 spiro atoms. The molecule has 0 aliphatic carbocycles. The Labute approximate surface area is 210 Å². The van der Waals surface area contributed by atoms with Crippen molar-refractivity contribution in [1.82, 2.24) is 25.1 Å². The number of hydrogen-bond donors (Lipinski definition) is 2. The van der Waals surface area contributed by atoms with Crippen LogP contribution >= 0.6 is 0 Å². The second-order valence-corrected chi connectivity index (χ2v) is 8.70. The minimum absolute atomic E-state index is 0.149. The quantitative estimate of drug-likeness (QED) is 0.331. The minimum Gasteiger partial charge on any atom is -0.495 e. The van der Waals surface area contributed by atoms with Crippen molar-refractivity contribution < 1.29 is 18.7 Å². The van der Waals surface area contributed by atoms with Crippen LogP contribution in [0.15, 0.2) is 60.7 Å². The van der Waals surface area contributed by atoms with E-state index in [-0.39, 0.29) is 17.8 Å². The molecule has 0 radical (unpaired) electrons. The van der Waals surface area contributed by atoms with Crippen LogP contribution in [0.2, 0.25) is 0 Å². The molecule has 4 rings (SSSR count). The number of amides is 1. The van der Waals surface area contributed by atoms with Crippen molar-refractivity contribution in [2.75, 3.05) is 27.4 Å². The van der Waals surface area contributed by atoms with Gasteiger partial charge in [0.05, 0.1) is 30.9 Å². The summed E-state index contributed by atoms with van der Waals surface area (Å²) in [5.41, 5.74) is 3.89. The molecule has 0 bridgehead atoms. The molecule has 2 N–H and O–H groups in total. The predicted octanol–water partition coefficient (Wildman–Crippen LogP) is 3.77. The highest BCUT2D eigenvalue weighted by Crippen LogP contribution is 2.30. The van der Waals surface area contributed by atoms with Crippen molar-refractivity contribution in [3.63, 3.8) is 0 Å². The lowest BCUT2D eigenvalue weighted by atomic mass is 10.1. The van der Waals surface area contributed by atoms with Crippen molar-refractivity contribution in [3.8, 4) is 11.4 Å². The van der Waals surface area contributed by atoms with Crippen LogP contribution in [0.25, 0.3) is 11.8 Å². The van der Waals surface area contributed by atoms with Crippen LogP contribution in [0.3, 0.4) is 0 Å². The first-order chi connectivity index (χ1) is 17.4. The summed E-state index contributed by atoms with van der Waals surface area (Å²) in [5.74, 6) is 0.206. The highest BCUT2D eigenvalue weighted by atomic mass is 19.1. The van der Waals surface area contributed by atoms with Crippen LogP contribution in [-0.2, 0) is 9.53 Å². The highest BCUT2D eigenvalue weighted by Gasteiger charge is 2.38. The molecule has 2 aromatic carbocycles. The van der Waals surface area contributed by atoms with Gasteiger partial charge in [-0.15, -0.1) is 0 Å². The molecule has 36 heavy (non-hydrogen) atoms. The Kier molecular flexibility index (Phi) is 8.02. The molecule has 1 fully saturated rings. The maximum absolute atomic E-state index is 13.5. The number of methoxy groups -OCH3 is 2. The van der Waals surface area contributed by atoms with E-state index >= 15 is 0 Å². The van der Waals surface area contributed by atoms with Gasteiger partial charge in [0, 0.05) is 26.5 Å². The van der Waals surface area contributed by atoms with Gasteiger partial charge in [-0.05, 0) is 61.7 Å². The van der Waals surface area contributed by atoms with E-state index in [1.807, 2.05) is 48.9 Å². The highest BCUT2D eigenvalue weighted by molar-refractivity contribution is 5.99. The summed E-state index contributed by atoms with van der Waals surface area (Å²) in [4.78, 5) is 19.6. The molecule has 1 saturated heterocycles. The minimum atomic E-state index is -0.421. The van der Waals surface area contributed by atoms with Crippen molar-refractivity contribution in [2.24, 2.45) is 0 Å². The molecule has 2 unspecified atom stereocenters. The Balaban J connectivity index is 1.61. The Hall–Kier alpha value is -3.69. The molecule has 8 nitrogen and oxygen atoms in total. The van der Waals surface area contributed by atoms with Crippen molar-refractivity contribution in [2.45, 2.75) is 32.6 Å². The van der Waals surface area contributed by atoms with Gasteiger partial charge in [0.2, 0.25) is 0 Å². The number of aromatic nitrogens is 2. The van der Waals surface area contributed by atoms with E-state index in [2.05, 4.69) is 15.6 Å². The van der Waals surface area contributed by atoms with Gasteiger partial charge in [-0.2, -0.15) is 0 Å². The van der Waals surface area contributed by atoms with E-state index in [1.165, 1.54) is 12.1 Å². The standard InChI is InChI=1S/C27H32FN5O3/c1-18-16-32(17-30-18)24-11-6-20(15-25(24)36-4)14-23-26(34)33(27(31-23)29-12-5-13-35-3)19(2)21-7-9-22(28)10-8-21/h6-11,14-17,19,27,29,31H,5,12-13H2,1-4H3/b23-14-. The number of imidazole rings is 1. The normalized spacial score (nSPS) is 17.5. The first kappa shape index (κ1) is 25.4. The summed E-state index contributed by atoms with van der Waals surface area (Å²) in [6.07, 6.45) is 5.85. The molecule has 2 heterocycles. The third-order valence-electron chi connectivity index (χ3n) is 6.17. The van der Waals surface area contributed by atoms with Crippen LogP contribution < -0.4 is 15.4 Å². The number of hydrogen-bond acceptors (Lipinski definition) is 6. The Morgan fingerprint density at radius 3 is 2.67 bits per heavy atom. The van der Waals surface area contributed by atoms with Gasteiger partial charge in [0.1, 0.15) is 17.3 Å². The molecule has 1 amide bonds. The largest absolute Gasteiger partial charge is 0.495 e. The molecular weight excluding hydrogens is 461 g/mol. The second-order valence-electron chi connectivity index (χ2n) is 8.70. The summed E-state index contributed by atoms with van der Waals surface area (Å²) in [6.45, 7) is 5.14. The smallest absolute Gasteiger partial charge is 0.273 e. The first-order valence-corrected chi connectivity index (χ1v) is 11.9. The van der Waals surface area contributed by atoms with Crippen molar-refractivity contribution in [3.05, 3.63) is 83.3 Å². The zero-order valence-electron chi connectivity index (χ0n) is 21.0. The molecule has 190 valence electrons. The summed E-state index contributed by atoms with van der Waals surface area (Å²) in [6, 6.07) is 11.7. The van der Waals surface area contributed by atoms with Gasteiger partial charge in [-0.1, -0.05) is 18.2 Å². The predicted molar refractivity (Wildman–Crippen MR) is 136 cm³/mol. The molecule has 3 aromatic rings. The summed E-state index contributed by atoms with van der Waals surface area (Å²) in [7, 11) is 3.28. The van der Waals surface area contributed by atoms with Crippen LogP contribution in [0.1, 0.15) is 36.2 Å². The number of nitrogens with zero attached hydrogens (tertiary/aromatic N) is 3. The fourth-order valence-corrected chi connectivity index (χ4v) is 4.26. The first-order valence-electron chi connectivity index (χ1n) is 11.9. The topological polar surface area (TPSA) is 80.6 Å². The van der Waals surface area contributed by atoms with Crippen LogP contribution in [0, 0.1) is 12.7 Å². The number of aryl methyl sites for hydroxylation is 1. The third-order valence-corrected chi connectivity index (χ3v) is 6.17. The third kappa shape index (κ3) is 5.58. The summed E-state index contributed by atoms with van der Waals surface area (Å²) < 4.78 is 26.1. The molecule has 1 aliphatic rings. The van der Waals surface area contributed by atoms with Gasteiger partial charge in [0.15, 0.2) is 6.29 Å². The van der Waals surface area contributed by atoms with E-state index in [0.717, 1.165) is 28.9 Å². The Morgan fingerprint density at radius 2 is 2.00 bits per heavy atom. The lowest BCUT2D eigenvalue weighted by molar-refractivity contribution is -0.128. The average Bonchev–Trinajstić information content (AvgIpc) is 3.44. The summed E-state index contributed by atoms with van der Waals surface area (Å²) >= 11 is 0. The maximum Gasteiger partial charge on any atom is 0.273 e. The number of benzene rings is 2. The van der Waals surface area contributed by atoms with Gasteiger partial charge in [-0.25, -0.2) is 9.37 Å². The number of carbonyl (C=O) groups excluding carboxylic acids is 1. The van der Waals surface area contributed by atoms with Gasteiger partial charge in [-0.3, -0.25) is 15.0 Å². The molecule has 2 atom stereocenters. The van der Waals surface area contributed by atoms with Crippen LogP contribution in [0.4, 0.5) is 4.39 Å². The molecule has 0 saturated carbocycles. The average molecular weight is 494 g/mol. The maximum atomic E-state index is 13.5. The SMILES string of the molecule is COCCCNC1N/C(=C\c2ccc(-n3cnc(C)c3)c(OC)c2)C(=O)N1C(C)c1ccc(F)cc1. The Morgan fingerprint density at radius 1 is 1.22 bits per heavy atom. The van der Waals surface area contributed by atoms with E-state index in [4.69, 9.17) is 9.47 Å². The fraction of sp³-hybridized carbons (Fsp3) is 0.333. The van der Waals surface area contributed by atoms with Crippen molar-refractivity contribution in [1.29, 1.82) is 0 Å². The zero-order valence-corrected chi connectivity index (χ0v) is 21.0. The molecule has 1 aliphatic heterocycles. The van der Waals surface area contributed by atoms with E-state index in [0.29, 0.717) is 24.6 Å². The van der Waals surface area contributed by atoms with Crippen LogP contribution in [0.5, 0.6) is 5.75 Å². The fourth-order valence-electron chi connectivity index (χ4n) is 4.26. The van der Waals surface area contributed by atoms with Gasteiger partial charge >= 0.3 is 0 Å². The number of nitrogens with one attached hydrogen (secondary N) is 2. The molecular formula is C27H32FN5O3. The Bertz CT molecular complexity index is 1220. The van der Waals surface area contributed by atoms with Gasteiger partial charge in [0.25, 0.3) is 5.91 Å². The lowest BCUT2D eigenvalue weighted by Crippen LogP contribution is -2.49. The number of halogens is 1. The molecule has 9 heteroatoms. The second kappa shape index (κ2) is 11.4. The van der Waals surface area contributed by atoms with Crippen molar-refractivity contribution >= 4 is 12.0 Å². The van der Waals surface area contributed by atoms with Crippen LogP contribution in [-0.4, -0.2) is 54.0 Å². The number of carbonyl (C=O) groups is 1. The number of rotatable bonds is 10. The number of ether oxygens (including phenoxy) is 2. The monoisotopic (exact) mass is 493 g/mol. The van der Waals surface area contributed by atoms with E-state index in [1.54, 1.807) is 37.6 Å². The van der Waals surface area contributed by atoms with E-state index < -0.39 is 6.29 Å². The lowest BCUT2D eigenvalue weighted by Gasteiger charge is -2.30. The summed E-state index contributed by atoms with van der Waals surface area (Å²) in [5, 5.41) is 6.72.